The van der Waals surface area contributed by atoms with Gasteiger partial charge in [-0.05, 0) is 11.6 Å². The molecule has 0 aliphatic heterocycles. The molecule has 0 aliphatic rings. The number of hydrogen-bond donors (Lipinski definition) is 1. The van der Waals surface area contributed by atoms with Gasteiger partial charge in [0, 0.05) is 16.8 Å². The largest absolute Gasteiger partial charge is 0.282 e. The molecule has 1 aromatic rings. The Morgan fingerprint density at radius 1 is 1.90 bits per heavy atom. The zero-order valence-electron chi connectivity index (χ0n) is 5.52. The average molecular weight is 137 g/mol. The molecule has 0 saturated heterocycles. The molecule has 5 nitrogen and oxygen atoms in total. The van der Waals surface area contributed by atoms with Gasteiger partial charge in [-0.1, -0.05) is 12.0 Å². The average Bonchev–Trinajstić information content (AvgIpc) is 2.38. The summed E-state index contributed by atoms with van der Waals surface area (Å²) in [6.45, 7) is 1.80. The molecule has 0 aromatic carbocycles. The van der Waals surface area contributed by atoms with Crippen molar-refractivity contribution < 1.29 is 0 Å². The second-order valence-electron chi connectivity index (χ2n) is 1.89. The molecule has 5 heteroatoms. The molecule has 1 aromatic heterocycles. The summed E-state index contributed by atoms with van der Waals surface area (Å²) in [6, 6.07) is 1.62. The third-order valence-corrected chi connectivity index (χ3v) is 1.20. The van der Waals surface area contributed by atoms with E-state index in [4.69, 9.17) is 5.53 Å². The van der Waals surface area contributed by atoms with Crippen LogP contribution in [0.2, 0.25) is 0 Å². The fourth-order valence-electron chi connectivity index (χ4n) is 0.639. The van der Waals surface area contributed by atoms with Gasteiger partial charge in [0.15, 0.2) is 0 Å². The third kappa shape index (κ3) is 1.27. The number of hydrogen-bond acceptors (Lipinski definition) is 2. The molecule has 0 fully saturated rings. The Bertz CT molecular complexity index is 233. The minimum absolute atomic E-state index is 0.160. The molecular weight excluding hydrogens is 130 g/mol. The lowest BCUT2D eigenvalue weighted by Gasteiger charge is -1.96. The number of aromatic amines is 1. The molecule has 0 bridgehead atoms. The second-order valence-corrected chi connectivity index (χ2v) is 1.89. The van der Waals surface area contributed by atoms with Crippen LogP contribution in [0.4, 0.5) is 0 Å². The molecule has 0 aliphatic carbocycles. The number of nitrogens with one attached hydrogen (secondary N) is 1. The van der Waals surface area contributed by atoms with E-state index < -0.39 is 0 Å². The van der Waals surface area contributed by atoms with Crippen molar-refractivity contribution in [3.05, 3.63) is 28.4 Å². The maximum atomic E-state index is 8.06. The predicted octanol–water partition coefficient (Wildman–Crippen LogP) is 1.78. The summed E-state index contributed by atoms with van der Waals surface area (Å²) in [4.78, 5) is 2.67. The highest BCUT2D eigenvalue weighted by molar-refractivity contribution is 5.02. The van der Waals surface area contributed by atoms with E-state index in [0.29, 0.717) is 0 Å². The number of azide groups is 1. The van der Waals surface area contributed by atoms with Crippen molar-refractivity contribution in [1.29, 1.82) is 0 Å². The van der Waals surface area contributed by atoms with Crippen molar-refractivity contribution in [1.82, 2.24) is 10.2 Å². The summed E-state index contributed by atoms with van der Waals surface area (Å²) in [6.07, 6.45) is 1.62. The Hall–Kier alpha value is -1.48. The van der Waals surface area contributed by atoms with Crippen LogP contribution in [0.1, 0.15) is 18.7 Å². The van der Waals surface area contributed by atoms with Gasteiger partial charge in [-0.15, -0.1) is 0 Å². The highest BCUT2D eigenvalue weighted by Crippen LogP contribution is 2.11. The van der Waals surface area contributed by atoms with Crippen LogP contribution >= 0.6 is 0 Å². The van der Waals surface area contributed by atoms with Crippen molar-refractivity contribution in [2.75, 3.05) is 0 Å². The quantitative estimate of drug-likeness (QED) is 0.376. The SMILES string of the molecule is C[C@@H](N=[N+]=[N-])c1ccn[nH]1. The first-order valence-electron chi connectivity index (χ1n) is 2.88. The van der Waals surface area contributed by atoms with Crippen LogP contribution in [-0.4, -0.2) is 10.2 Å². The van der Waals surface area contributed by atoms with Crippen molar-refractivity contribution in [2.45, 2.75) is 13.0 Å². The maximum Gasteiger partial charge on any atom is 0.0764 e. The zero-order valence-corrected chi connectivity index (χ0v) is 5.52. The Morgan fingerprint density at radius 3 is 3.20 bits per heavy atom. The second kappa shape index (κ2) is 2.89. The number of nitrogens with zero attached hydrogens (tertiary/aromatic N) is 4. The van der Waals surface area contributed by atoms with Crippen LogP contribution in [-0.2, 0) is 0 Å². The molecule has 0 radical (unpaired) electrons. The van der Waals surface area contributed by atoms with Crippen molar-refractivity contribution in [3.63, 3.8) is 0 Å². The first-order valence-corrected chi connectivity index (χ1v) is 2.88. The fourth-order valence-corrected chi connectivity index (χ4v) is 0.639. The van der Waals surface area contributed by atoms with Gasteiger partial charge in [0.25, 0.3) is 0 Å². The molecule has 52 valence electrons. The number of rotatable bonds is 2. The molecule has 1 N–H and O–H groups in total. The van der Waals surface area contributed by atoms with E-state index in [9.17, 15) is 0 Å². The van der Waals surface area contributed by atoms with E-state index in [1.165, 1.54) is 0 Å². The fraction of sp³-hybridized carbons (Fsp3) is 0.400. The van der Waals surface area contributed by atoms with E-state index in [2.05, 4.69) is 20.2 Å². The van der Waals surface area contributed by atoms with E-state index >= 15 is 0 Å². The van der Waals surface area contributed by atoms with Gasteiger partial charge in [-0.3, -0.25) is 5.10 Å². The molecule has 0 unspecified atom stereocenters. The van der Waals surface area contributed by atoms with Crippen LogP contribution in [0.25, 0.3) is 10.4 Å². The van der Waals surface area contributed by atoms with Gasteiger partial charge in [0.2, 0.25) is 0 Å². The van der Waals surface area contributed by atoms with Crippen LogP contribution in [0.15, 0.2) is 17.4 Å². The lowest BCUT2D eigenvalue weighted by molar-refractivity contribution is 0.764. The molecule has 0 amide bonds. The molecule has 1 rings (SSSR count). The minimum Gasteiger partial charge on any atom is -0.282 e. The van der Waals surface area contributed by atoms with Gasteiger partial charge >= 0.3 is 0 Å². The van der Waals surface area contributed by atoms with Crippen LogP contribution in [0.5, 0.6) is 0 Å². The summed E-state index contributed by atoms with van der Waals surface area (Å²) in [5.41, 5.74) is 8.89. The summed E-state index contributed by atoms with van der Waals surface area (Å²) in [5.74, 6) is 0. The molecular formula is C5H7N5. The molecule has 10 heavy (non-hydrogen) atoms. The number of H-pyrrole nitrogens is 1. The molecule has 1 heterocycles. The van der Waals surface area contributed by atoms with E-state index in [-0.39, 0.29) is 6.04 Å². The Kier molecular flexibility index (Phi) is 1.92. The van der Waals surface area contributed by atoms with Gasteiger partial charge in [-0.2, -0.15) is 5.10 Å². The van der Waals surface area contributed by atoms with Crippen LogP contribution < -0.4 is 0 Å². The van der Waals surface area contributed by atoms with Gasteiger partial charge in [-0.25, -0.2) is 0 Å². The summed E-state index contributed by atoms with van der Waals surface area (Å²) < 4.78 is 0. The molecule has 0 saturated carbocycles. The third-order valence-electron chi connectivity index (χ3n) is 1.20. The van der Waals surface area contributed by atoms with Crippen LogP contribution in [0, 0.1) is 0 Å². The lowest BCUT2D eigenvalue weighted by atomic mass is 10.3. The standard InChI is InChI=1S/C5H7N5/c1-4(8-10-6)5-2-3-7-9-5/h2-4H,1H3,(H,7,9)/t4-/m1/s1. The van der Waals surface area contributed by atoms with Crippen molar-refractivity contribution >= 4 is 0 Å². The summed E-state index contributed by atoms with van der Waals surface area (Å²) >= 11 is 0. The van der Waals surface area contributed by atoms with E-state index in [0.717, 1.165) is 5.69 Å². The maximum absolute atomic E-state index is 8.06. The normalized spacial score (nSPS) is 12.1. The lowest BCUT2D eigenvalue weighted by Crippen LogP contribution is -1.87. The van der Waals surface area contributed by atoms with Gasteiger partial charge in [0.05, 0.1) is 6.04 Å². The Labute approximate surface area is 57.7 Å². The Balaban J connectivity index is 2.76. The first kappa shape index (κ1) is 6.64. The van der Waals surface area contributed by atoms with Crippen molar-refractivity contribution in [3.8, 4) is 0 Å². The topological polar surface area (TPSA) is 77.4 Å². The highest BCUT2D eigenvalue weighted by Gasteiger charge is 2.01. The molecule has 0 spiro atoms. The summed E-state index contributed by atoms with van der Waals surface area (Å²) in [5, 5.41) is 9.90. The smallest absolute Gasteiger partial charge is 0.0764 e. The minimum atomic E-state index is -0.160. The number of aromatic nitrogens is 2. The first-order chi connectivity index (χ1) is 4.84. The Morgan fingerprint density at radius 2 is 2.70 bits per heavy atom. The van der Waals surface area contributed by atoms with Crippen LogP contribution in [0.3, 0.4) is 0 Å². The molecule has 1 atom stereocenters. The zero-order chi connectivity index (χ0) is 7.40. The highest BCUT2D eigenvalue weighted by atomic mass is 15.2. The van der Waals surface area contributed by atoms with Crippen molar-refractivity contribution in [2.24, 2.45) is 5.11 Å². The predicted molar refractivity (Wildman–Crippen MR) is 36.1 cm³/mol. The summed E-state index contributed by atoms with van der Waals surface area (Å²) in [7, 11) is 0. The van der Waals surface area contributed by atoms with Gasteiger partial charge < -0.3 is 0 Å². The van der Waals surface area contributed by atoms with Gasteiger partial charge in [0.1, 0.15) is 0 Å². The monoisotopic (exact) mass is 137 g/mol. The van der Waals surface area contributed by atoms with E-state index in [1.807, 2.05) is 0 Å². The van der Waals surface area contributed by atoms with E-state index in [1.54, 1.807) is 19.2 Å².